The fraction of sp³-hybridized carbons (Fsp3) is 0.655. The lowest BCUT2D eigenvalue weighted by molar-refractivity contribution is -0.136. The van der Waals surface area contributed by atoms with Crippen LogP contribution in [-0.4, -0.2) is 48.2 Å². The maximum atomic E-state index is 13.3. The summed E-state index contributed by atoms with van der Waals surface area (Å²) in [5.74, 6) is -1.10. The third-order valence-electron chi connectivity index (χ3n) is 6.42. The predicted molar refractivity (Wildman–Crippen MR) is 148 cm³/mol. The summed E-state index contributed by atoms with van der Waals surface area (Å²) in [7, 11) is 0. The zero-order valence-electron chi connectivity index (χ0n) is 24.2. The van der Waals surface area contributed by atoms with Crippen LogP contribution in [-0.2, 0) is 25.6 Å². The number of carbonyl (C=O) groups excluding carboxylic acids is 4. The molecule has 0 aromatic heterocycles. The van der Waals surface area contributed by atoms with Gasteiger partial charge in [0.2, 0.25) is 17.7 Å². The van der Waals surface area contributed by atoms with Crippen molar-refractivity contribution in [1.82, 2.24) is 16.0 Å². The maximum absolute atomic E-state index is 13.3. The molecule has 0 fully saturated rings. The van der Waals surface area contributed by atoms with Gasteiger partial charge in [0.15, 0.2) is 0 Å². The van der Waals surface area contributed by atoms with Crippen molar-refractivity contribution >= 4 is 24.0 Å². The molecule has 8 nitrogen and oxygen atoms in total. The second-order valence-electron chi connectivity index (χ2n) is 13.0. The highest BCUT2D eigenvalue weighted by atomic mass is 16.2. The molecule has 37 heavy (non-hydrogen) atoms. The van der Waals surface area contributed by atoms with Crippen LogP contribution in [0.15, 0.2) is 30.3 Å². The fourth-order valence-corrected chi connectivity index (χ4v) is 4.81. The van der Waals surface area contributed by atoms with Crippen LogP contribution in [0.3, 0.4) is 0 Å². The van der Waals surface area contributed by atoms with Crippen molar-refractivity contribution < 1.29 is 19.2 Å². The van der Waals surface area contributed by atoms with Crippen LogP contribution in [0.2, 0.25) is 0 Å². The number of carbonyl (C=O) groups is 4. The highest BCUT2D eigenvalue weighted by molar-refractivity contribution is 5.93. The minimum atomic E-state index is -0.895. The van der Waals surface area contributed by atoms with E-state index in [1.165, 1.54) is 0 Å². The average Bonchev–Trinajstić information content (AvgIpc) is 2.77. The van der Waals surface area contributed by atoms with Crippen LogP contribution >= 0.6 is 0 Å². The highest BCUT2D eigenvalue weighted by Crippen LogP contribution is 2.32. The Hall–Kier alpha value is -2.74. The van der Waals surface area contributed by atoms with Gasteiger partial charge in [-0.2, -0.15) is 0 Å². The standard InChI is InChI=1S/C29H48N4O4/c1-20(23(35)33-29(8,9)17-26(2,3)18-30)31-24(36)22(15-21-13-11-10-12-14-21)32-25(37)28(6,7)16-27(4,5)19-34/h10-14,19-20,22H,15-18,30H2,1-9H3,(H,31,36)(H,32,37)(H,33,35)/t20-,22-/m0/s1. The molecule has 5 N–H and O–H groups in total. The van der Waals surface area contributed by atoms with Gasteiger partial charge in [-0.1, -0.05) is 71.9 Å². The van der Waals surface area contributed by atoms with E-state index < -0.39 is 34.4 Å². The largest absolute Gasteiger partial charge is 0.349 e. The summed E-state index contributed by atoms with van der Waals surface area (Å²) < 4.78 is 0. The molecule has 0 aliphatic heterocycles. The second kappa shape index (κ2) is 12.7. The molecule has 0 spiro atoms. The Balaban J connectivity index is 3.02. The molecule has 0 aliphatic carbocycles. The summed E-state index contributed by atoms with van der Waals surface area (Å²) >= 11 is 0. The number of hydrogen-bond acceptors (Lipinski definition) is 5. The van der Waals surface area contributed by atoms with E-state index >= 15 is 0 Å². The van der Waals surface area contributed by atoms with Crippen molar-refractivity contribution in [2.75, 3.05) is 6.54 Å². The van der Waals surface area contributed by atoms with Crippen LogP contribution in [0.1, 0.15) is 80.7 Å². The number of aldehydes is 1. The van der Waals surface area contributed by atoms with Crippen molar-refractivity contribution in [1.29, 1.82) is 0 Å². The maximum Gasteiger partial charge on any atom is 0.243 e. The van der Waals surface area contributed by atoms with Crippen LogP contribution < -0.4 is 21.7 Å². The molecule has 0 aliphatic rings. The molecule has 0 unspecified atom stereocenters. The monoisotopic (exact) mass is 516 g/mol. The molecular formula is C29H48N4O4. The summed E-state index contributed by atoms with van der Waals surface area (Å²) in [5.41, 5.74) is 4.48. The van der Waals surface area contributed by atoms with E-state index in [4.69, 9.17) is 5.73 Å². The van der Waals surface area contributed by atoms with E-state index in [2.05, 4.69) is 16.0 Å². The van der Waals surface area contributed by atoms with Gasteiger partial charge < -0.3 is 26.5 Å². The Morgan fingerprint density at radius 2 is 1.46 bits per heavy atom. The first kappa shape index (κ1) is 32.3. The van der Waals surface area contributed by atoms with E-state index in [9.17, 15) is 19.2 Å². The van der Waals surface area contributed by atoms with Crippen molar-refractivity contribution in [3.05, 3.63) is 35.9 Å². The van der Waals surface area contributed by atoms with Gasteiger partial charge in [0, 0.05) is 22.8 Å². The number of benzene rings is 1. The zero-order valence-corrected chi connectivity index (χ0v) is 24.2. The van der Waals surface area contributed by atoms with Crippen LogP contribution in [0, 0.1) is 16.2 Å². The molecule has 0 saturated carbocycles. The minimum absolute atomic E-state index is 0.153. The first-order valence-corrected chi connectivity index (χ1v) is 13.0. The lowest BCUT2D eigenvalue weighted by Gasteiger charge is -2.36. The lowest BCUT2D eigenvalue weighted by atomic mass is 9.75. The summed E-state index contributed by atoms with van der Waals surface area (Å²) in [6, 6.07) is 7.66. The van der Waals surface area contributed by atoms with Gasteiger partial charge in [0.05, 0.1) is 0 Å². The number of nitrogens with one attached hydrogen (secondary N) is 3. The Kier molecular flexibility index (Phi) is 11.1. The second-order valence-corrected chi connectivity index (χ2v) is 13.0. The summed E-state index contributed by atoms with van der Waals surface area (Å²) in [5, 5.41) is 8.65. The molecule has 0 bridgehead atoms. The molecule has 208 valence electrons. The van der Waals surface area contributed by atoms with Gasteiger partial charge >= 0.3 is 0 Å². The first-order chi connectivity index (χ1) is 16.8. The molecule has 2 atom stereocenters. The topological polar surface area (TPSA) is 130 Å². The molecule has 0 heterocycles. The zero-order chi connectivity index (χ0) is 28.7. The number of nitrogens with two attached hydrogens (primary N) is 1. The number of rotatable bonds is 14. The quantitative estimate of drug-likeness (QED) is 0.282. The smallest absolute Gasteiger partial charge is 0.243 e. The SMILES string of the molecule is C[C@H](NC(=O)[C@H](Cc1ccccc1)NC(=O)C(C)(C)CC(C)(C)C=O)C(=O)NC(C)(C)CC(C)(C)CN. The number of amides is 3. The third-order valence-corrected chi connectivity index (χ3v) is 6.42. The van der Waals surface area contributed by atoms with E-state index in [1.807, 2.05) is 58.0 Å². The third kappa shape index (κ3) is 11.0. The minimum Gasteiger partial charge on any atom is -0.349 e. The van der Waals surface area contributed by atoms with Gasteiger partial charge in [0.25, 0.3) is 0 Å². The molecule has 0 radical (unpaired) electrons. The van der Waals surface area contributed by atoms with Gasteiger partial charge in [-0.15, -0.1) is 0 Å². The lowest BCUT2D eigenvalue weighted by Crippen LogP contribution is -2.57. The molecule has 1 aromatic carbocycles. The summed E-state index contributed by atoms with van der Waals surface area (Å²) in [4.78, 5) is 50.9. The van der Waals surface area contributed by atoms with Crippen LogP contribution in [0.4, 0.5) is 0 Å². The normalized spacial score (nSPS) is 14.3. The summed E-state index contributed by atoms with van der Waals surface area (Å²) in [6.07, 6.45) is 2.09. The van der Waals surface area contributed by atoms with Gasteiger partial charge in [-0.25, -0.2) is 0 Å². The van der Waals surface area contributed by atoms with Gasteiger partial charge in [-0.3, -0.25) is 14.4 Å². The Labute approximate surface area is 222 Å². The molecule has 3 amide bonds. The van der Waals surface area contributed by atoms with E-state index in [1.54, 1.807) is 34.6 Å². The Bertz CT molecular complexity index is 938. The van der Waals surface area contributed by atoms with Gasteiger partial charge in [-0.05, 0) is 51.1 Å². The fourth-order valence-electron chi connectivity index (χ4n) is 4.81. The highest BCUT2D eigenvalue weighted by Gasteiger charge is 2.37. The molecular weight excluding hydrogens is 468 g/mol. The predicted octanol–water partition coefficient (Wildman–Crippen LogP) is 3.13. The molecule has 8 heteroatoms. The van der Waals surface area contributed by atoms with E-state index in [0.717, 1.165) is 11.8 Å². The van der Waals surface area contributed by atoms with Crippen molar-refractivity contribution in [2.45, 2.75) is 99.2 Å². The summed E-state index contributed by atoms with van der Waals surface area (Å²) in [6.45, 7) is 17.1. The first-order valence-electron chi connectivity index (χ1n) is 13.0. The van der Waals surface area contributed by atoms with Crippen LogP contribution in [0.5, 0.6) is 0 Å². The molecule has 0 saturated heterocycles. The van der Waals surface area contributed by atoms with Crippen molar-refractivity contribution in [3.8, 4) is 0 Å². The molecule has 1 aromatic rings. The Morgan fingerprint density at radius 1 is 0.892 bits per heavy atom. The van der Waals surface area contributed by atoms with E-state index in [0.29, 0.717) is 19.4 Å². The van der Waals surface area contributed by atoms with Crippen molar-refractivity contribution in [2.24, 2.45) is 22.0 Å². The van der Waals surface area contributed by atoms with E-state index in [-0.39, 0.29) is 23.7 Å². The number of hydrogen-bond donors (Lipinski definition) is 4. The average molecular weight is 517 g/mol. The van der Waals surface area contributed by atoms with Crippen LogP contribution in [0.25, 0.3) is 0 Å². The van der Waals surface area contributed by atoms with Crippen molar-refractivity contribution in [3.63, 3.8) is 0 Å². The molecule has 1 rings (SSSR count). The Morgan fingerprint density at radius 3 is 1.97 bits per heavy atom. The van der Waals surface area contributed by atoms with Gasteiger partial charge in [0.1, 0.15) is 18.4 Å².